The van der Waals surface area contributed by atoms with Gasteiger partial charge in [0.25, 0.3) is 5.91 Å². The molecule has 104 valence electrons. The molecule has 1 amide bonds. The van der Waals surface area contributed by atoms with Crippen LogP contribution in [0, 0.1) is 0 Å². The van der Waals surface area contributed by atoms with Crippen molar-refractivity contribution in [3.8, 4) is 0 Å². The SMILES string of the molecule is Nc1nc(C(=O)NC(Cc2ccccc2)C(=O)O)cs1. The number of carboxylic acids is 1. The van der Waals surface area contributed by atoms with Crippen LogP contribution in [0.3, 0.4) is 0 Å². The second kappa shape index (κ2) is 6.16. The highest BCUT2D eigenvalue weighted by molar-refractivity contribution is 7.13. The van der Waals surface area contributed by atoms with Crippen molar-refractivity contribution in [2.45, 2.75) is 12.5 Å². The molecule has 0 radical (unpaired) electrons. The van der Waals surface area contributed by atoms with Crippen LogP contribution in [0.15, 0.2) is 35.7 Å². The minimum Gasteiger partial charge on any atom is -0.480 e. The topological polar surface area (TPSA) is 105 Å². The highest BCUT2D eigenvalue weighted by Crippen LogP contribution is 2.11. The van der Waals surface area contributed by atoms with Gasteiger partial charge in [0.1, 0.15) is 11.7 Å². The number of anilines is 1. The maximum absolute atomic E-state index is 11.9. The number of hydrogen-bond donors (Lipinski definition) is 3. The van der Waals surface area contributed by atoms with E-state index in [1.165, 1.54) is 5.38 Å². The molecule has 2 aromatic rings. The zero-order chi connectivity index (χ0) is 14.5. The molecule has 0 saturated heterocycles. The summed E-state index contributed by atoms with van der Waals surface area (Å²) in [6.07, 6.45) is 0.210. The Morgan fingerprint density at radius 2 is 2.05 bits per heavy atom. The van der Waals surface area contributed by atoms with E-state index in [4.69, 9.17) is 5.73 Å². The van der Waals surface area contributed by atoms with E-state index in [-0.39, 0.29) is 17.2 Å². The molecule has 1 heterocycles. The number of benzene rings is 1. The van der Waals surface area contributed by atoms with E-state index in [0.717, 1.165) is 16.9 Å². The number of carbonyl (C=O) groups is 2. The molecule has 20 heavy (non-hydrogen) atoms. The molecule has 0 aliphatic rings. The Balaban J connectivity index is 2.06. The molecule has 0 saturated carbocycles. The van der Waals surface area contributed by atoms with E-state index >= 15 is 0 Å². The number of thiazole rings is 1. The van der Waals surface area contributed by atoms with E-state index in [0.29, 0.717) is 0 Å². The monoisotopic (exact) mass is 291 g/mol. The smallest absolute Gasteiger partial charge is 0.326 e. The third-order valence-electron chi connectivity index (χ3n) is 2.64. The number of carbonyl (C=O) groups excluding carboxylic acids is 1. The third-order valence-corrected chi connectivity index (χ3v) is 3.31. The lowest BCUT2D eigenvalue weighted by atomic mass is 10.1. The number of rotatable bonds is 5. The van der Waals surface area contributed by atoms with E-state index < -0.39 is 17.9 Å². The summed E-state index contributed by atoms with van der Waals surface area (Å²) in [5.41, 5.74) is 6.40. The van der Waals surface area contributed by atoms with Gasteiger partial charge in [-0.1, -0.05) is 30.3 Å². The Morgan fingerprint density at radius 3 is 2.60 bits per heavy atom. The van der Waals surface area contributed by atoms with Gasteiger partial charge in [0.15, 0.2) is 5.13 Å². The Hall–Kier alpha value is -2.41. The van der Waals surface area contributed by atoms with Gasteiger partial charge in [-0.05, 0) is 5.56 Å². The maximum Gasteiger partial charge on any atom is 0.326 e. The summed E-state index contributed by atoms with van der Waals surface area (Å²) in [6, 6.07) is 8.09. The van der Waals surface area contributed by atoms with Gasteiger partial charge in [-0.2, -0.15) is 0 Å². The van der Waals surface area contributed by atoms with Crippen molar-refractivity contribution in [2.75, 3.05) is 5.73 Å². The average Bonchev–Trinajstić information content (AvgIpc) is 2.86. The molecule has 1 aromatic carbocycles. The Kier molecular flexibility index (Phi) is 4.31. The zero-order valence-corrected chi connectivity index (χ0v) is 11.3. The van der Waals surface area contributed by atoms with Crippen molar-refractivity contribution in [1.82, 2.24) is 10.3 Å². The summed E-state index contributed by atoms with van der Waals surface area (Å²) in [7, 11) is 0. The van der Waals surface area contributed by atoms with Crippen LogP contribution in [-0.2, 0) is 11.2 Å². The number of aromatic nitrogens is 1. The Morgan fingerprint density at radius 1 is 1.35 bits per heavy atom. The molecule has 0 spiro atoms. The zero-order valence-electron chi connectivity index (χ0n) is 10.4. The molecular formula is C13H13N3O3S. The van der Waals surface area contributed by atoms with E-state index in [2.05, 4.69) is 10.3 Å². The van der Waals surface area contributed by atoms with Crippen LogP contribution in [0.4, 0.5) is 5.13 Å². The van der Waals surface area contributed by atoms with Crippen molar-refractivity contribution in [3.63, 3.8) is 0 Å². The largest absolute Gasteiger partial charge is 0.480 e. The predicted octanol–water partition coefficient (Wildman–Crippen LogP) is 1.15. The van der Waals surface area contributed by atoms with Crippen LogP contribution in [0.1, 0.15) is 16.1 Å². The number of amides is 1. The molecule has 1 atom stereocenters. The van der Waals surface area contributed by atoms with Gasteiger partial charge in [0.2, 0.25) is 0 Å². The highest BCUT2D eigenvalue weighted by Gasteiger charge is 2.22. The summed E-state index contributed by atoms with van der Waals surface area (Å²) >= 11 is 1.13. The maximum atomic E-state index is 11.9. The summed E-state index contributed by atoms with van der Waals surface area (Å²) < 4.78 is 0. The molecule has 4 N–H and O–H groups in total. The lowest BCUT2D eigenvalue weighted by Gasteiger charge is -2.13. The number of nitrogens with one attached hydrogen (secondary N) is 1. The number of hydrogen-bond acceptors (Lipinski definition) is 5. The molecule has 0 fully saturated rings. The van der Waals surface area contributed by atoms with Crippen molar-refractivity contribution >= 4 is 28.3 Å². The van der Waals surface area contributed by atoms with Crippen LogP contribution in [0.2, 0.25) is 0 Å². The van der Waals surface area contributed by atoms with Gasteiger partial charge in [-0.15, -0.1) is 11.3 Å². The Labute approximate surface area is 119 Å². The fourth-order valence-corrected chi connectivity index (χ4v) is 2.22. The summed E-state index contributed by atoms with van der Waals surface area (Å²) in [5, 5.41) is 13.4. The van der Waals surface area contributed by atoms with Crippen LogP contribution in [0.25, 0.3) is 0 Å². The molecule has 0 aliphatic carbocycles. The first-order chi connectivity index (χ1) is 9.56. The van der Waals surface area contributed by atoms with Gasteiger partial charge in [0, 0.05) is 11.8 Å². The number of carboxylic acid groups (broad SMARTS) is 1. The van der Waals surface area contributed by atoms with Crippen molar-refractivity contribution in [2.24, 2.45) is 0 Å². The summed E-state index contributed by atoms with van der Waals surface area (Å²) in [6.45, 7) is 0. The minimum atomic E-state index is -1.09. The first-order valence-corrected chi connectivity index (χ1v) is 6.73. The molecule has 2 rings (SSSR count). The second-order valence-corrected chi connectivity index (χ2v) is 5.01. The fraction of sp³-hybridized carbons (Fsp3) is 0.154. The van der Waals surface area contributed by atoms with Gasteiger partial charge in [0.05, 0.1) is 0 Å². The van der Waals surface area contributed by atoms with Crippen molar-refractivity contribution in [3.05, 3.63) is 47.0 Å². The van der Waals surface area contributed by atoms with Crippen LogP contribution in [-0.4, -0.2) is 28.0 Å². The summed E-state index contributed by atoms with van der Waals surface area (Å²) in [5.74, 6) is -1.63. The lowest BCUT2D eigenvalue weighted by molar-refractivity contribution is -0.139. The molecule has 1 unspecified atom stereocenters. The van der Waals surface area contributed by atoms with E-state index in [9.17, 15) is 14.7 Å². The molecule has 7 heteroatoms. The minimum absolute atomic E-state index is 0.131. The third kappa shape index (κ3) is 3.55. The molecule has 0 aliphatic heterocycles. The first kappa shape index (κ1) is 14.0. The lowest BCUT2D eigenvalue weighted by Crippen LogP contribution is -2.42. The highest BCUT2D eigenvalue weighted by atomic mass is 32.1. The standard InChI is InChI=1S/C13H13N3O3S/c14-13-16-10(7-20-13)11(17)15-9(12(18)19)6-8-4-2-1-3-5-8/h1-5,7,9H,6H2,(H2,14,16)(H,15,17)(H,18,19). The first-order valence-electron chi connectivity index (χ1n) is 5.85. The van der Waals surface area contributed by atoms with E-state index in [1.807, 2.05) is 30.3 Å². The normalized spacial score (nSPS) is 11.8. The van der Waals surface area contributed by atoms with Gasteiger partial charge < -0.3 is 16.2 Å². The Bertz CT molecular complexity index is 612. The fourth-order valence-electron chi connectivity index (χ4n) is 1.67. The number of nitrogen functional groups attached to an aromatic ring is 1. The quantitative estimate of drug-likeness (QED) is 0.766. The molecular weight excluding hydrogens is 278 g/mol. The molecule has 6 nitrogen and oxygen atoms in total. The van der Waals surface area contributed by atoms with Crippen molar-refractivity contribution < 1.29 is 14.7 Å². The van der Waals surface area contributed by atoms with Crippen LogP contribution in [0.5, 0.6) is 0 Å². The predicted molar refractivity (Wildman–Crippen MR) is 75.6 cm³/mol. The van der Waals surface area contributed by atoms with Crippen molar-refractivity contribution in [1.29, 1.82) is 0 Å². The van der Waals surface area contributed by atoms with Gasteiger partial charge >= 0.3 is 5.97 Å². The van der Waals surface area contributed by atoms with Crippen LogP contribution >= 0.6 is 11.3 Å². The van der Waals surface area contributed by atoms with Gasteiger partial charge in [-0.3, -0.25) is 4.79 Å². The number of aliphatic carboxylic acids is 1. The van der Waals surface area contributed by atoms with Gasteiger partial charge in [-0.25, -0.2) is 9.78 Å². The average molecular weight is 291 g/mol. The second-order valence-electron chi connectivity index (χ2n) is 4.12. The van der Waals surface area contributed by atoms with Crippen LogP contribution < -0.4 is 11.1 Å². The summed E-state index contributed by atoms with van der Waals surface area (Å²) in [4.78, 5) is 26.9. The molecule has 1 aromatic heterocycles. The molecule has 0 bridgehead atoms. The number of nitrogens with two attached hydrogens (primary N) is 1. The van der Waals surface area contributed by atoms with E-state index in [1.54, 1.807) is 0 Å². The number of nitrogens with zero attached hydrogens (tertiary/aromatic N) is 1.